The molecule has 0 saturated carbocycles. The molecule has 0 aliphatic heterocycles. The van der Waals surface area contributed by atoms with Gasteiger partial charge in [-0.3, -0.25) is 10.2 Å². The van der Waals surface area contributed by atoms with Crippen LogP contribution >= 0.6 is 0 Å². The molecule has 14 heavy (non-hydrogen) atoms. The topological polar surface area (TPSA) is 55.1 Å². The Kier molecular flexibility index (Phi) is 2.95. The van der Waals surface area contributed by atoms with Gasteiger partial charge < -0.3 is 0 Å². The molecule has 1 aliphatic carbocycles. The molecule has 0 spiro atoms. The van der Waals surface area contributed by atoms with Gasteiger partial charge in [-0.2, -0.15) is 13.2 Å². The molecule has 3 nitrogen and oxygen atoms in total. The fourth-order valence-electron chi connectivity index (χ4n) is 1.13. The van der Waals surface area contributed by atoms with Crippen LogP contribution < -0.4 is 11.3 Å². The highest BCUT2D eigenvalue weighted by atomic mass is 19.4. The number of hydrogen-bond acceptors (Lipinski definition) is 2. The number of alkyl halides is 3. The lowest BCUT2D eigenvalue weighted by molar-refractivity contribution is -0.123. The third-order valence-corrected chi connectivity index (χ3v) is 1.91. The maximum absolute atomic E-state index is 12.1. The minimum atomic E-state index is -4.35. The molecule has 1 amide bonds. The lowest BCUT2D eigenvalue weighted by Crippen LogP contribution is -2.35. The second kappa shape index (κ2) is 3.83. The van der Waals surface area contributed by atoms with E-state index < -0.39 is 23.6 Å². The molecule has 0 fully saturated rings. The highest BCUT2D eigenvalue weighted by Crippen LogP contribution is 2.30. The SMILES string of the molecule is NNC(=O)C1C=CC(C(F)(F)F)=CC1. The van der Waals surface area contributed by atoms with Crippen LogP contribution in [0.2, 0.25) is 0 Å². The van der Waals surface area contributed by atoms with E-state index in [1.54, 1.807) is 0 Å². The second-order valence-corrected chi connectivity index (χ2v) is 2.87. The number of hydrazine groups is 1. The van der Waals surface area contributed by atoms with Crippen molar-refractivity contribution in [3.8, 4) is 0 Å². The Hall–Kier alpha value is -1.30. The van der Waals surface area contributed by atoms with E-state index in [-0.39, 0.29) is 6.42 Å². The maximum atomic E-state index is 12.1. The first kappa shape index (κ1) is 10.8. The van der Waals surface area contributed by atoms with Crippen LogP contribution in [0.5, 0.6) is 0 Å². The Balaban J connectivity index is 2.67. The van der Waals surface area contributed by atoms with Gasteiger partial charge in [0, 0.05) is 0 Å². The number of nitrogens with one attached hydrogen (secondary N) is 1. The van der Waals surface area contributed by atoms with Crippen molar-refractivity contribution in [1.82, 2.24) is 5.43 Å². The number of hydrogen-bond donors (Lipinski definition) is 2. The molecule has 1 aliphatic rings. The Morgan fingerprint density at radius 2 is 2.21 bits per heavy atom. The van der Waals surface area contributed by atoms with E-state index >= 15 is 0 Å². The van der Waals surface area contributed by atoms with Gasteiger partial charge in [0.15, 0.2) is 0 Å². The van der Waals surface area contributed by atoms with Crippen LogP contribution in [0.4, 0.5) is 13.2 Å². The number of carbonyl (C=O) groups excluding carboxylic acids is 1. The van der Waals surface area contributed by atoms with Crippen LogP contribution in [0.25, 0.3) is 0 Å². The summed E-state index contributed by atoms with van der Waals surface area (Å²) in [4.78, 5) is 10.9. The van der Waals surface area contributed by atoms with Crippen molar-refractivity contribution in [2.45, 2.75) is 12.6 Å². The van der Waals surface area contributed by atoms with Crippen LogP contribution in [0, 0.1) is 5.92 Å². The van der Waals surface area contributed by atoms with E-state index in [0.29, 0.717) is 0 Å². The van der Waals surface area contributed by atoms with Crippen molar-refractivity contribution in [3.63, 3.8) is 0 Å². The molecular formula is C8H9F3N2O. The highest BCUT2D eigenvalue weighted by Gasteiger charge is 2.33. The van der Waals surface area contributed by atoms with Gasteiger partial charge >= 0.3 is 6.18 Å². The fraction of sp³-hybridized carbons (Fsp3) is 0.375. The van der Waals surface area contributed by atoms with Crippen LogP contribution in [-0.4, -0.2) is 12.1 Å². The lowest BCUT2D eigenvalue weighted by atomic mass is 9.96. The zero-order chi connectivity index (χ0) is 10.8. The van der Waals surface area contributed by atoms with Crippen molar-refractivity contribution >= 4 is 5.91 Å². The Morgan fingerprint density at radius 1 is 1.57 bits per heavy atom. The van der Waals surface area contributed by atoms with Gasteiger partial charge in [-0.15, -0.1) is 0 Å². The standard InChI is InChI=1S/C8H9F3N2O/c9-8(10,11)6-3-1-5(2-4-6)7(14)13-12/h1,3-5H,2,12H2,(H,13,14). The predicted molar refractivity (Wildman–Crippen MR) is 43.7 cm³/mol. The molecule has 0 heterocycles. The summed E-state index contributed by atoms with van der Waals surface area (Å²) in [5.74, 6) is 3.75. The molecule has 0 aromatic heterocycles. The monoisotopic (exact) mass is 206 g/mol. The number of nitrogens with two attached hydrogens (primary N) is 1. The van der Waals surface area contributed by atoms with Crippen molar-refractivity contribution < 1.29 is 18.0 Å². The van der Waals surface area contributed by atoms with Gasteiger partial charge in [0.2, 0.25) is 5.91 Å². The fourth-order valence-corrected chi connectivity index (χ4v) is 1.13. The predicted octanol–water partition coefficient (Wildman–Crippen LogP) is 1.04. The van der Waals surface area contributed by atoms with E-state index in [0.717, 1.165) is 12.2 Å². The first-order chi connectivity index (χ1) is 6.45. The molecule has 3 N–H and O–H groups in total. The quantitative estimate of drug-likeness (QED) is 0.382. The molecule has 0 bridgehead atoms. The number of halogens is 3. The lowest BCUT2D eigenvalue weighted by Gasteiger charge is -2.16. The van der Waals surface area contributed by atoms with E-state index in [9.17, 15) is 18.0 Å². The number of rotatable bonds is 1. The van der Waals surface area contributed by atoms with E-state index in [4.69, 9.17) is 5.84 Å². The first-order valence-electron chi connectivity index (χ1n) is 3.91. The van der Waals surface area contributed by atoms with Crippen molar-refractivity contribution in [1.29, 1.82) is 0 Å². The summed E-state index contributed by atoms with van der Waals surface area (Å²) >= 11 is 0. The largest absolute Gasteiger partial charge is 0.416 e. The van der Waals surface area contributed by atoms with Crippen molar-refractivity contribution in [2.75, 3.05) is 0 Å². The average Bonchev–Trinajstić information content (AvgIpc) is 2.15. The van der Waals surface area contributed by atoms with E-state index in [1.807, 2.05) is 5.43 Å². The van der Waals surface area contributed by atoms with E-state index in [2.05, 4.69) is 0 Å². The molecule has 1 atom stereocenters. The molecule has 1 unspecified atom stereocenters. The molecule has 0 saturated heterocycles. The molecule has 78 valence electrons. The maximum Gasteiger partial charge on any atom is 0.416 e. The minimum absolute atomic E-state index is 0.0222. The molecule has 1 rings (SSSR count). The number of carbonyl (C=O) groups is 1. The third kappa shape index (κ3) is 2.35. The van der Waals surface area contributed by atoms with Crippen LogP contribution in [0.15, 0.2) is 23.8 Å². The van der Waals surface area contributed by atoms with Crippen LogP contribution in [0.3, 0.4) is 0 Å². The van der Waals surface area contributed by atoms with Gasteiger partial charge in [0.05, 0.1) is 11.5 Å². The van der Waals surface area contributed by atoms with Gasteiger partial charge in [0.25, 0.3) is 0 Å². The summed E-state index contributed by atoms with van der Waals surface area (Å²) in [6.07, 6.45) is -1.25. The summed E-state index contributed by atoms with van der Waals surface area (Å²) in [6, 6.07) is 0. The third-order valence-electron chi connectivity index (χ3n) is 1.91. The van der Waals surface area contributed by atoms with Crippen molar-refractivity contribution in [2.24, 2.45) is 11.8 Å². The summed E-state index contributed by atoms with van der Waals surface area (Å²) in [5.41, 5.74) is 1.16. The smallest absolute Gasteiger partial charge is 0.294 e. The zero-order valence-electron chi connectivity index (χ0n) is 7.14. The molecule has 6 heteroatoms. The Morgan fingerprint density at radius 3 is 2.57 bits per heavy atom. The molecule has 0 aromatic rings. The molecule has 0 aromatic carbocycles. The van der Waals surface area contributed by atoms with Gasteiger partial charge in [-0.1, -0.05) is 18.2 Å². The first-order valence-corrected chi connectivity index (χ1v) is 3.91. The van der Waals surface area contributed by atoms with Gasteiger partial charge in [-0.05, 0) is 6.42 Å². The Bertz CT molecular complexity index is 293. The summed E-state index contributed by atoms with van der Waals surface area (Å²) in [7, 11) is 0. The average molecular weight is 206 g/mol. The van der Waals surface area contributed by atoms with Crippen LogP contribution in [-0.2, 0) is 4.79 Å². The minimum Gasteiger partial charge on any atom is -0.294 e. The van der Waals surface area contributed by atoms with Gasteiger partial charge in [0.1, 0.15) is 0 Å². The number of allylic oxidation sites excluding steroid dienone is 3. The van der Waals surface area contributed by atoms with E-state index in [1.165, 1.54) is 6.08 Å². The van der Waals surface area contributed by atoms with Gasteiger partial charge in [-0.25, -0.2) is 5.84 Å². The zero-order valence-corrected chi connectivity index (χ0v) is 7.14. The normalized spacial score (nSPS) is 21.7. The molecular weight excluding hydrogens is 197 g/mol. The summed E-state index contributed by atoms with van der Waals surface area (Å²) in [5, 5.41) is 0. The summed E-state index contributed by atoms with van der Waals surface area (Å²) < 4.78 is 36.3. The van der Waals surface area contributed by atoms with Crippen LogP contribution in [0.1, 0.15) is 6.42 Å². The number of amides is 1. The van der Waals surface area contributed by atoms with Crippen molar-refractivity contribution in [3.05, 3.63) is 23.8 Å². The second-order valence-electron chi connectivity index (χ2n) is 2.87. The summed E-state index contributed by atoms with van der Waals surface area (Å²) in [6.45, 7) is 0. The highest BCUT2D eigenvalue weighted by molar-refractivity contribution is 5.80. The Labute approximate surface area is 78.4 Å². The molecule has 0 radical (unpaired) electrons.